The number of ketones is 3. The second-order valence-electron chi connectivity index (χ2n) is 5.29. The maximum Gasteiger partial charge on any atom is 0.229 e. The van der Waals surface area contributed by atoms with Gasteiger partial charge in [0, 0.05) is 16.9 Å². The minimum atomic E-state index is -0.351. The van der Waals surface area contributed by atoms with Crippen molar-refractivity contribution in [3.8, 4) is 0 Å². The number of carbonyl (C=O) groups excluding carboxylic acids is 3. The molecule has 3 heterocycles. The molecule has 0 bridgehead atoms. The van der Waals surface area contributed by atoms with E-state index in [9.17, 15) is 14.4 Å². The monoisotopic (exact) mass is 368 g/mol. The fraction of sp³-hybridized carbons (Fsp3) is 0.0588. The molecular weight excluding hydrogens is 360 g/mol. The Hall–Kier alpha value is -2.60. The van der Waals surface area contributed by atoms with Crippen LogP contribution in [-0.4, -0.2) is 26.7 Å². The molecule has 1 aliphatic carbocycles. The van der Waals surface area contributed by atoms with Crippen molar-refractivity contribution in [2.45, 2.75) is 6.92 Å². The molecule has 0 spiro atoms. The van der Waals surface area contributed by atoms with Gasteiger partial charge < -0.3 is 4.40 Å². The zero-order valence-electron chi connectivity index (χ0n) is 12.0. The van der Waals surface area contributed by atoms with Crippen molar-refractivity contribution >= 4 is 38.8 Å². The smallest absolute Gasteiger partial charge is 0.229 e. The number of rotatable bonds is 1. The van der Waals surface area contributed by atoms with E-state index in [1.165, 1.54) is 13.1 Å². The maximum absolute atomic E-state index is 12.9. The van der Waals surface area contributed by atoms with Gasteiger partial charge in [-0.1, -0.05) is 0 Å². The van der Waals surface area contributed by atoms with Crippen molar-refractivity contribution in [1.82, 2.24) is 9.38 Å². The van der Waals surface area contributed by atoms with Crippen molar-refractivity contribution in [3.63, 3.8) is 0 Å². The summed E-state index contributed by atoms with van der Waals surface area (Å²) in [6.07, 6.45) is 3.15. The number of carbonyl (C=O) groups is 3. The average Bonchev–Trinajstić information content (AvgIpc) is 2.90. The lowest BCUT2D eigenvalue weighted by Crippen LogP contribution is -2.23. The minimum absolute atomic E-state index is 0.125. The predicted octanol–water partition coefficient (Wildman–Crippen LogP) is 3.07. The Morgan fingerprint density at radius 2 is 1.96 bits per heavy atom. The topological polar surface area (TPSA) is 68.5 Å². The van der Waals surface area contributed by atoms with E-state index in [1.54, 1.807) is 34.9 Å². The van der Waals surface area contributed by atoms with Gasteiger partial charge >= 0.3 is 0 Å². The highest BCUT2D eigenvalue weighted by atomic mass is 79.9. The quantitative estimate of drug-likeness (QED) is 0.484. The summed E-state index contributed by atoms with van der Waals surface area (Å²) in [6, 6.07) is 6.68. The van der Waals surface area contributed by atoms with Crippen LogP contribution in [0.2, 0.25) is 0 Å². The van der Waals surface area contributed by atoms with Crippen molar-refractivity contribution < 1.29 is 14.4 Å². The number of pyridine rings is 2. The third-order valence-corrected chi connectivity index (χ3v) is 4.61. The minimum Gasteiger partial charge on any atom is -0.311 e. The van der Waals surface area contributed by atoms with Crippen molar-refractivity contribution in [3.05, 3.63) is 69.2 Å². The number of halogens is 1. The Morgan fingerprint density at radius 1 is 1.17 bits per heavy atom. The van der Waals surface area contributed by atoms with E-state index >= 15 is 0 Å². The fourth-order valence-electron chi connectivity index (χ4n) is 3.07. The van der Waals surface area contributed by atoms with Crippen LogP contribution in [0.3, 0.4) is 0 Å². The van der Waals surface area contributed by atoms with E-state index in [4.69, 9.17) is 0 Å². The van der Waals surface area contributed by atoms with Crippen LogP contribution in [0.1, 0.15) is 49.4 Å². The normalized spacial score (nSPS) is 13.1. The van der Waals surface area contributed by atoms with Gasteiger partial charge in [-0.3, -0.25) is 19.4 Å². The molecule has 23 heavy (non-hydrogen) atoms. The lowest BCUT2D eigenvalue weighted by Gasteiger charge is -2.14. The molecule has 0 unspecified atom stereocenters. The highest BCUT2D eigenvalue weighted by Gasteiger charge is 2.38. The largest absolute Gasteiger partial charge is 0.311 e. The molecule has 3 aromatic rings. The van der Waals surface area contributed by atoms with Crippen LogP contribution < -0.4 is 0 Å². The van der Waals surface area contributed by atoms with Gasteiger partial charge in [0.2, 0.25) is 5.78 Å². The number of Topliss-reactive ketones (excluding diaryl/α,β-unsaturated/α-hetero) is 1. The van der Waals surface area contributed by atoms with Crippen LogP contribution in [0, 0.1) is 0 Å². The third-order valence-electron chi connectivity index (χ3n) is 3.97. The van der Waals surface area contributed by atoms with Crippen LogP contribution >= 0.6 is 15.9 Å². The molecular formula is C17H9BrN2O3. The summed E-state index contributed by atoms with van der Waals surface area (Å²) in [5, 5.41) is 0. The SMILES string of the molecule is CC(=O)c1c2c(n3cccc(Br)c13)C(=O)c1ncccc1C2=O. The van der Waals surface area contributed by atoms with Crippen LogP contribution in [0.5, 0.6) is 0 Å². The summed E-state index contributed by atoms with van der Waals surface area (Å²) in [5.74, 6) is -0.955. The first-order valence-electron chi connectivity index (χ1n) is 6.90. The van der Waals surface area contributed by atoms with Gasteiger partial charge in [-0.05, 0) is 47.1 Å². The number of nitrogens with zero attached hydrogens (tertiary/aromatic N) is 2. The lowest BCUT2D eigenvalue weighted by atomic mass is 9.88. The summed E-state index contributed by atoms with van der Waals surface area (Å²) < 4.78 is 2.24. The number of hydrogen-bond donors (Lipinski definition) is 0. The Kier molecular flexibility index (Phi) is 2.86. The lowest BCUT2D eigenvalue weighted by molar-refractivity contribution is 0.0964. The van der Waals surface area contributed by atoms with Gasteiger partial charge in [0.05, 0.1) is 22.2 Å². The second kappa shape index (κ2) is 4.70. The Balaban J connectivity index is 2.23. The van der Waals surface area contributed by atoms with E-state index in [0.29, 0.717) is 9.99 Å². The summed E-state index contributed by atoms with van der Waals surface area (Å²) >= 11 is 3.41. The zero-order chi connectivity index (χ0) is 16.3. The van der Waals surface area contributed by atoms with Gasteiger partial charge in [-0.2, -0.15) is 0 Å². The first-order valence-corrected chi connectivity index (χ1v) is 7.69. The molecule has 0 atom stereocenters. The van der Waals surface area contributed by atoms with Crippen LogP contribution in [0.4, 0.5) is 0 Å². The summed E-state index contributed by atoms with van der Waals surface area (Å²) in [7, 11) is 0. The number of aromatic nitrogens is 2. The Labute approximate surface area is 139 Å². The summed E-state index contributed by atoms with van der Waals surface area (Å²) in [6.45, 7) is 1.39. The van der Waals surface area contributed by atoms with E-state index in [-0.39, 0.29) is 45.4 Å². The molecule has 0 saturated carbocycles. The Morgan fingerprint density at radius 3 is 2.70 bits per heavy atom. The van der Waals surface area contributed by atoms with E-state index in [1.807, 2.05) is 0 Å². The molecule has 6 heteroatoms. The maximum atomic E-state index is 12.9. The molecule has 5 nitrogen and oxygen atoms in total. The van der Waals surface area contributed by atoms with Gasteiger partial charge in [-0.15, -0.1) is 0 Å². The number of fused-ring (bicyclic) bond motifs is 4. The first kappa shape index (κ1) is 14.0. The molecule has 112 valence electrons. The molecule has 0 aliphatic heterocycles. The molecule has 1 aliphatic rings. The highest BCUT2D eigenvalue weighted by molar-refractivity contribution is 9.10. The Bertz CT molecular complexity index is 1050. The number of hydrogen-bond acceptors (Lipinski definition) is 4. The molecule has 0 fully saturated rings. The molecule has 0 radical (unpaired) electrons. The molecule has 0 N–H and O–H groups in total. The standard InChI is InChI=1S/C17H9BrN2O3/c1-8(21)11-12-15(20-7-3-5-10(18)14(11)20)17(23)13-9(16(12)22)4-2-6-19-13/h2-7H,1H3. The highest BCUT2D eigenvalue weighted by Crippen LogP contribution is 2.35. The summed E-state index contributed by atoms with van der Waals surface area (Å²) in [4.78, 5) is 42.0. The van der Waals surface area contributed by atoms with Crippen LogP contribution in [-0.2, 0) is 0 Å². The van der Waals surface area contributed by atoms with Gasteiger partial charge in [-0.25, -0.2) is 0 Å². The third kappa shape index (κ3) is 1.72. The van der Waals surface area contributed by atoms with E-state index in [0.717, 1.165) is 0 Å². The fourth-order valence-corrected chi connectivity index (χ4v) is 3.61. The molecule has 4 rings (SSSR count). The average molecular weight is 369 g/mol. The first-order chi connectivity index (χ1) is 11.0. The molecule has 0 aromatic carbocycles. The van der Waals surface area contributed by atoms with Gasteiger partial charge in [0.1, 0.15) is 11.4 Å². The van der Waals surface area contributed by atoms with Crippen molar-refractivity contribution in [1.29, 1.82) is 0 Å². The van der Waals surface area contributed by atoms with E-state index < -0.39 is 0 Å². The van der Waals surface area contributed by atoms with Crippen molar-refractivity contribution in [2.24, 2.45) is 0 Å². The van der Waals surface area contributed by atoms with Gasteiger partial charge in [0.25, 0.3) is 0 Å². The van der Waals surface area contributed by atoms with Gasteiger partial charge in [0.15, 0.2) is 11.6 Å². The summed E-state index contributed by atoms with van der Waals surface area (Å²) in [5.41, 5.74) is 1.51. The molecule has 0 amide bonds. The van der Waals surface area contributed by atoms with E-state index in [2.05, 4.69) is 20.9 Å². The van der Waals surface area contributed by atoms with Crippen molar-refractivity contribution in [2.75, 3.05) is 0 Å². The second-order valence-corrected chi connectivity index (χ2v) is 6.14. The van der Waals surface area contributed by atoms with Crippen LogP contribution in [0.25, 0.3) is 5.52 Å². The molecule has 0 saturated heterocycles. The van der Waals surface area contributed by atoms with Crippen LogP contribution in [0.15, 0.2) is 41.1 Å². The molecule has 3 aromatic heterocycles. The zero-order valence-corrected chi connectivity index (χ0v) is 13.5. The predicted molar refractivity (Wildman–Crippen MR) is 86.2 cm³/mol.